The van der Waals surface area contributed by atoms with Crippen molar-refractivity contribution in [2.24, 2.45) is 11.8 Å². The van der Waals surface area contributed by atoms with Gasteiger partial charge in [-0.2, -0.15) is 4.39 Å². The first-order chi connectivity index (χ1) is 13.5. The maximum atomic E-state index is 14.0. The van der Waals surface area contributed by atoms with Gasteiger partial charge in [0.15, 0.2) is 11.6 Å². The third-order valence-electron chi connectivity index (χ3n) is 5.19. The fourth-order valence-corrected chi connectivity index (χ4v) is 3.56. The number of morpholine rings is 1. The maximum absolute atomic E-state index is 14.0. The molecular formula is C19H25F2N3O4. The van der Waals surface area contributed by atoms with Gasteiger partial charge < -0.3 is 25.0 Å². The van der Waals surface area contributed by atoms with E-state index in [1.807, 2.05) is 0 Å². The quantitative estimate of drug-likeness (QED) is 0.764. The Labute approximate surface area is 162 Å². The van der Waals surface area contributed by atoms with E-state index in [9.17, 15) is 18.4 Å². The van der Waals surface area contributed by atoms with Gasteiger partial charge >= 0.3 is 0 Å². The average Bonchev–Trinajstić information content (AvgIpc) is 2.74. The number of hydrogen-bond acceptors (Lipinski definition) is 5. The van der Waals surface area contributed by atoms with Crippen LogP contribution in [0.25, 0.3) is 0 Å². The Kier molecular flexibility index (Phi) is 6.79. The topological polar surface area (TPSA) is 79.9 Å². The Morgan fingerprint density at radius 2 is 1.93 bits per heavy atom. The molecule has 3 rings (SSSR count). The van der Waals surface area contributed by atoms with E-state index in [2.05, 4.69) is 10.6 Å². The second kappa shape index (κ2) is 9.29. The van der Waals surface area contributed by atoms with Crippen molar-refractivity contribution in [2.75, 3.05) is 46.5 Å². The molecule has 2 aliphatic rings. The van der Waals surface area contributed by atoms with Crippen molar-refractivity contribution in [3.05, 3.63) is 29.3 Å². The van der Waals surface area contributed by atoms with Gasteiger partial charge in [0.05, 0.1) is 32.2 Å². The van der Waals surface area contributed by atoms with Crippen LogP contribution in [0.15, 0.2) is 12.1 Å². The van der Waals surface area contributed by atoms with E-state index in [0.29, 0.717) is 45.8 Å². The molecule has 1 aromatic rings. The first-order valence-corrected chi connectivity index (χ1v) is 9.37. The van der Waals surface area contributed by atoms with Crippen LogP contribution >= 0.6 is 0 Å². The predicted molar refractivity (Wildman–Crippen MR) is 96.6 cm³/mol. The summed E-state index contributed by atoms with van der Waals surface area (Å²) in [6, 6.07) is 2.69. The number of nitrogens with one attached hydrogen (secondary N) is 2. The number of benzene rings is 1. The fraction of sp³-hybridized carbons (Fsp3) is 0.579. The van der Waals surface area contributed by atoms with Gasteiger partial charge in [0, 0.05) is 38.3 Å². The summed E-state index contributed by atoms with van der Waals surface area (Å²) in [5.74, 6) is -3.26. The number of methoxy groups -OCH3 is 1. The largest absolute Gasteiger partial charge is 0.494 e. The van der Waals surface area contributed by atoms with Gasteiger partial charge in [0.1, 0.15) is 0 Å². The van der Waals surface area contributed by atoms with Crippen LogP contribution in [-0.2, 0) is 20.9 Å². The molecule has 2 unspecified atom stereocenters. The summed E-state index contributed by atoms with van der Waals surface area (Å²) in [6.07, 6.45) is 0.425. The summed E-state index contributed by atoms with van der Waals surface area (Å²) in [7, 11) is 1.25. The molecular weight excluding hydrogens is 372 g/mol. The summed E-state index contributed by atoms with van der Waals surface area (Å²) in [4.78, 5) is 26.9. The Morgan fingerprint density at radius 1 is 1.21 bits per heavy atom. The zero-order chi connectivity index (χ0) is 20.1. The Hall–Kier alpha value is -2.26. The maximum Gasteiger partial charge on any atom is 0.227 e. The van der Waals surface area contributed by atoms with Crippen LogP contribution in [-0.4, -0.2) is 63.2 Å². The number of halogens is 2. The lowest BCUT2D eigenvalue weighted by Gasteiger charge is -2.34. The standard InChI is InChI=1S/C19H25F2N3O4/c1-27-15-3-2-12(16(20)17(15)21)11-23-18(25)13-8-14(10-22-9-13)19(26)24-4-6-28-7-5-24/h2-3,13-14,22H,4-11H2,1H3,(H,23,25). The van der Waals surface area contributed by atoms with Gasteiger partial charge in [-0.05, 0) is 12.5 Å². The van der Waals surface area contributed by atoms with E-state index in [0.717, 1.165) is 0 Å². The molecule has 0 bridgehead atoms. The minimum atomic E-state index is -1.08. The second-order valence-corrected chi connectivity index (χ2v) is 7.00. The van der Waals surface area contributed by atoms with Gasteiger partial charge in [-0.3, -0.25) is 9.59 Å². The van der Waals surface area contributed by atoms with E-state index in [4.69, 9.17) is 9.47 Å². The van der Waals surface area contributed by atoms with Crippen molar-refractivity contribution in [1.82, 2.24) is 15.5 Å². The van der Waals surface area contributed by atoms with E-state index in [-0.39, 0.29) is 35.6 Å². The highest BCUT2D eigenvalue weighted by atomic mass is 19.2. The molecule has 2 fully saturated rings. The van der Waals surface area contributed by atoms with Crippen molar-refractivity contribution in [1.29, 1.82) is 0 Å². The highest BCUT2D eigenvalue weighted by molar-refractivity contribution is 5.83. The highest BCUT2D eigenvalue weighted by Crippen LogP contribution is 2.23. The zero-order valence-corrected chi connectivity index (χ0v) is 15.8. The number of piperidine rings is 1. The van der Waals surface area contributed by atoms with Crippen molar-refractivity contribution < 1.29 is 27.8 Å². The van der Waals surface area contributed by atoms with E-state index in [1.165, 1.54) is 19.2 Å². The third-order valence-corrected chi connectivity index (χ3v) is 5.19. The molecule has 2 N–H and O–H groups in total. The minimum absolute atomic E-state index is 0.0246. The Morgan fingerprint density at radius 3 is 2.64 bits per heavy atom. The fourth-order valence-electron chi connectivity index (χ4n) is 3.56. The molecule has 0 radical (unpaired) electrons. The van der Waals surface area contributed by atoms with Gasteiger partial charge in [-0.1, -0.05) is 6.07 Å². The lowest BCUT2D eigenvalue weighted by atomic mass is 9.88. The minimum Gasteiger partial charge on any atom is -0.494 e. The number of ether oxygens (including phenoxy) is 2. The van der Waals surface area contributed by atoms with Crippen molar-refractivity contribution in [2.45, 2.75) is 13.0 Å². The van der Waals surface area contributed by atoms with Crippen LogP contribution in [0.2, 0.25) is 0 Å². The van der Waals surface area contributed by atoms with Crippen molar-refractivity contribution in [3.63, 3.8) is 0 Å². The molecule has 1 aromatic carbocycles. The van der Waals surface area contributed by atoms with Crippen LogP contribution in [0, 0.1) is 23.5 Å². The van der Waals surface area contributed by atoms with Gasteiger partial charge in [0.25, 0.3) is 0 Å². The van der Waals surface area contributed by atoms with Crippen molar-refractivity contribution >= 4 is 11.8 Å². The average molecular weight is 397 g/mol. The molecule has 2 heterocycles. The van der Waals surface area contributed by atoms with Crippen LogP contribution in [0.3, 0.4) is 0 Å². The molecule has 0 aliphatic carbocycles. The van der Waals surface area contributed by atoms with E-state index in [1.54, 1.807) is 4.90 Å². The smallest absolute Gasteiger partial charge is 0.227 e. The van der Waals surface area contributed by atoms with Crippen LogP contribution in [0.4, 0.5) is 8.78 Å². The highest BCUT2D eigenvalue weighted by Gasteiger charge is 2.33. The SMILES string of the molecule is COc1ccc(CNC(=O)C2CNCC(C(=O)N3CCOCC3)C2)c(F)c1F. The molecule has 0 aromatic heterocycles. The number of rotatable bonds is 5. The third kappa shape index (κ3) is 4.59. The monoisotopic (exact) mass is 397 g/mol. The number of carbonyl (C=O) groups excluding carboxylic acids is 2. The van der Waals surface area contributed by atoms with Gasteiger partial charge in [0.2, 0.25) is 17.6 Å². The molecule has 2 aliphatic heterocycles. The first-order valence-electron chi connectivity index (χ1n) is 9.37. The van der Waals surface area contributed by atoms with Crippen molar-refractivity contribution in [3.8, 4) is 5.75 Å². The summed E-state index contributed by atoms with van der Waals surface area (Å²) in [6.45, 7) is 3.02. The molecule has 154 valence electrons. The molecule has 28 heavy (non-hydrogen) atoms. The first kappa shape index (κ1) is 20.5. The molecule has 2 saturated heterocycles. The summed E-state index contributed by atoms with van der Waals surface area (Å²) in [5.41, 5.74) is 0.0383. The Bertz CT molecular complexity index is 725. The van der Waals surface area contributed by atoms with Gasteiger partial charge in [-0.25, -0.2) is 4.39 Å². The predicted octanol–water partition coefficient (Wildman–Crippen LogP) is 0.674. The lowest BCUT2D eigenvalue weighted by molar-refractivity contribution is -0.141. The number of amides is 2. The van der Waals surface area contributed by atoms with Crippen LogP contribution in [0.1, 0.15) is 12.0 Å². The molecule has 0 saturated carbocycles. The van der Waals surface area contributed by atoms with E-state index >= 15 is 0 Å². The number of carbonyl (C=O) groups is 2. The lowest BCUT2D eigenvalue weighted by Crippen LogP contribution is -2.51. The molecule has 2 atom stereocenters. The normalized spacial score (nSPS) is 22.6. The number of hydrogen-bond donors (Lipinski definition) is 2. The van der Waals surface area contributed by atoms with Gasteiger partial charge in [-0.15, -0.1) is 0 Å². The number of nitrogens with zero attached hydrogens (tertiary/aromatic N) is 1. The molecule has 7 nitrogen and oxygen atoms in total. The summed E-state index contributed by atoms with van der Waals surface area (Å²) >= 11 is 0. The second-order valence-electron chi connectivity index (χ2n) is 7.00. The molecule has 9 heteroatoms. The summed E-state index contributed by atoms with van der Waals surface area (Å²) < 4.78 is 37.8. The Balaban J connectivity index is 1.55. The summed E-state index contributed by atoms with van der Waals surface area (Å²) in [5, 5.41) is 5.77. The zero-order valence-electron chi connectivity index (χ0n) is 15.8. The molecule has 0 spiro atoms. The van der Waals surface area contributed by atoms with E-state index < -0.39 is 17.6 Å². The van der Waals surface area contributed by atoms with Crippen LogP contribution < -0.4 is 15.4 Å². The molecule has 2 amide bonds. The van der Waals surface area contributed by atoms with Crippen LogP contribution in [0.5, 0.6) is 5.75 Å².